The van der Waals surface area contributed by atoms with Crippen LogP contribution in [0.4, 0.5) is 0 Å². The molecule has 0 radical (unpaired) electrons. The zero-order valence-corrected chi connectivity index (χ0v) is 15.9. The number of carboxylic acids is 1. The third-order valence-corrected chi connectivity index (χ3v) is 7.59. The topological polar surface area (TPSA) is 77.9 Å². The number of hydrogen-bond acceptors (Lipinski definition) is 3. The smallest absolute Gasteiger partial charge is 0.307 e. The number of hydrogen-bond donors (Lipinski definition) is 1. The quantitative estimate of drug-likeness (QED) is 0.833. The zero-order chi connectivity index (χ0) is 18.7. The Labute approximate surface area is 154 Å². The number of carboxylic acid groups (broad SMARTS) is 1. The number of rotatable bonds is 3. The predicted octanol–water partition coefficient (Wildman–Crippen LogP) is 1.98. The number of piperidine rings is 2. The monoisotopic (exact) mass is 362 g/mol. The van der Waals surface area contributed by atoms with Crippen LogP contribution in [0.2, 0.25) is 0 Å². The van der Waals surface area contributed by atoms with E-state index < -0.39 is 17.3 Å². The van der Waals surface area contributed by atoms with Crippen LogP contribution in [0.25, 0.3) is 0 Å². The molecule has 0 bridgehead atoms. The molecule has 144 valence electrons. The summed E-state index contributed by atoms with van der Waals surface area (Å²) in [5, 5.41) is 9.31. The van der Waals surface area contributed by atoms with E-state index in [9.17, 15) is 19.5 Å². The van der Waals surface area contributed by atoms with Crippen LogP contribution in [0.1, 0.15) is 52.4 Å². The SMILES string of the molecule is CC1(C)[C@H](C(=O)O)[C@@H]1C(=O)N1CCC2(CC1)CC2C(=O)N1CCCCC1. The van der Waals surface area contributed by atoms with Crippen molar-refractivity contribution < 1.29 is 19.5 Å². The first-order valence-electron chi connectivity index (χ1n) is 10.1. The van der Waals surface area contributed by atoms with Gasteiger partial charge < -0.3 is 14.9 Å². The summed E-state index contributed by atoms with van der Waals surface area (Å²) in [4.78, 5) is 40.8. The van der Waals surface area contributed by atoms with Crippen LogP contribution < -0.4 is 0 Å². The van der Waals surface area contributed by atoms with Crippen molar-refractivity contribution in [2.75, 3.05) is 26.2 Å². The molecule has 2 heterocycles. The van der Waals surface area contributed by atoms with Gasteiger partial charge in [-0.05, 0) is 49.4 Å². The first-order valence-corrected chi connectivity index (χ1v) is 10.1. The van der Waals surface area contributed by atoms with Gasteiger partial charge in [0.25, 0.3) is 0 Å². The minimum Gasteiger partial charge on any atom is -0.481 e. The first kappa shape index (κ1) is 17.8. The molecule has 4 rings (SSSR count). The van der Waals surface area contributed by atoms with Crippen molar-refractivity contribution in [1.29, 1.82) is 0 Å². The van der Waals surface area contributed by atoms with E-state index in [1.165, 1.54) is 6.42 Å². The summed E-state index contributed by atoms with van der Waals surface area (Å²) in [6.45, 7) is 6.89. The maximum atomic E-state index is 12.8. The largest absolute Gasteiger partial charge is 0.481 e. The summed E-state index contributed by atoms with van der Waals surface area (Å²) in [7, 11) is 0. The van der Waals surface area contributed by atoms with Gasteiger partial charge in [0, 0.05) is 32.1 Å². The van der Waals surface area contributed by atoms with E-state index in [-0.39, 0.29) is 23.2 Å². The average molecular weight is 362 g/mol. The van der Waals surface area contributed by atoms with Crippen molar-refractivity contribution in [2.24, 2.45) is 28.6 Å². The Morgan fingerprint density at radius 1 is 0.846 bits per heavy atom. The molecular weight excluding hydrogens is 332 g/mol. The second-order valence-corrected chi connectivity index (χ2v) is 9.45. The van der Waals surface area contributed by atoms with Gasteiger partial charge in [0.15, 0.2) is 0 Å². The van der Waals surface area contributed by atoms with E-state index in [1.807, 2.05) is 23.6 Å². The Morgan fingerprint density at radius 2 is 1.42 bits per heavy atom. The fraction of sp³-hybridized carbons (Fsp3) is 0.850. The molecule has 2 saturated heterocycles. The molecule has 4 aliphatic rings. The first-order chi connectivity index (χ1) is 12.3. The minimum absolute atomic E-state index is 0.00296. The van der Waals surface area contributed by atoms with Crippen LogP contribution >= 0.6 is 0 Å². The van der Waals surface area contributed by atoms with Crippen molar-refractivity contribution in [2.45, 2.75) is 52.4 Å². The van der Waals surface area contributed by atoms with Gasteiger partial charge in [-0.15, -0.1) is 0 Å². The third-order valence-electron chi connectivity index (χ3n) is 7.59. The highest BCUT2D eigenvalue weighted by Crippen LogP contribution is 2.62. The van der Waals surface area contributed by atoms with Crippen LogP contribution in [-0.4, -0.2) is 58.9 Å². The molecular formula is C20H30N2O4. The second kappa shape index (κ2) is 5.96. The lowest BCUT2D eigenvalue weighted by Gasteiger charge is -2.34. The Balaban J connectivity index is 1.32. The van der Waals surface area contributed by atoms with Crippen molar-refractivity contribution in [3.63, 3.8) is 0 Å². The molecule has 0 aromatic heterocycles. The summed E-state index contributed by atoms with van der Waals surface area (Å²) >= 11 is 0. The van der Waals surface area contributed by atoms with Crippen LogP contribution in [0.3, 0.4) is 0 Å². The summed E-state index contributed by atoms with van der Waals surface area (Å²) in [6, 6.07) is 0. The molecule has 1 spiro atoms. The second-order valence-electron chi connectivity index (χ2n) is 9.45. The Bertz CT molecular complexity index is 630. The highest BCUT2D eigenvalue weighted by atomic mass is 16.4. The van der Waals surface area contributed by atoms with Crippen molar-refractivity contribution in [3.8, 4) is 0 Å². The lowest BCUT2D eigenvalue weighted by atomic mass is 9.90. The number of aliphatic carboxylic acids is 1. The Hall–Kier alpha value is -1.59. The molecule has 0 aromatic carbocycles. The van der Waals surface area contributed by atoms with Gasteiger partial charge in [-0.25, -0.2) is 0 Å². The van der Waals surface area contributed by atoms with Gasteiger partial charge in [0.1, 0.15) is 0 Å². The van der Waals surface area contributed by atoms with Gasteiger partial charge >= 0.3 is 5.97 Å². The van der Waals surface area contributed by atoms with E-state index in [0.717, 1.165) is 45.2 Å². The molecule has 2 saturated carbocycles. The molecule has 6 heteroatoms. The van der Waals surface area contributed by atoms with Gasteiger partial charge in [0.2, 0.25) is 11.8 Å². The maximum absolute atomic E-state index is 12.8. The molecule has 2 aliphatic carbocycles. The van der Waals surface area contributed by atoms with E-state index in [1.54, 1.807) is 0 Å². The summed E-state index contributed by atoms with van der Waals surface area (Å²) < 4.78 is 0. The number of nitrogens with zero attached hydrogens (tertiary/aromatic N) is 2. The van der Waals surface area contributed by atoms with Crippen molar-refractivity contribution in [1.82, 2.24) is 9.80 Å². The lowest BCUT2D eigenvalue weighted by molar-refractivity contribution is -0.142. The molecule has 0 aromatic rings. The zero-order valence-electron chi connectivity index (χ0n) is 15.9. The van der Waals surface area contributed by atoms with Crippen LogP contribution in [-0.2, 0) is 14.4 Å². The molecule has 1 N–H and O–H groups in total. The molecule has 2 aliphatic heterocycles. The van der Waals surface area contributed by atoms with Crippen LogP contribution in [0, 0.1) is 28.6 Å². The fourth-order valence-electron chi connectivity index (χ4n) is 5.51. The number of likely N-dealkylation sites (tertiary alicyclic amines) is 2. The normalized spacial score (nSPS) is 34.5. The van der Waals surface area contributed by atoms with Crippen LogP contribution in [0.15, 0.2) is 0 Å². The Morgan fingerprint density at radius 3 is 1.96 bits per heavy atom. The fourth-order valence-corrected chi connectivity index (χ4v) is 5.51. The summed E-state index contributed by atoms with van der Waals surface area (Å²) in [6.07, 6.45) is 6.20. The maximum Gasteiger partial charge on any atom is 0.307 e. The van der Waals surface area contributed by atoms with E-state index in [4.69, 9.17) is 0 Å². The number of amides is 2. The van der Waals surface area contributed by atoms with Gasteiger partial charge in [-0.3, -0.25) is 14.4 Å². The average Bonchev–Trinajstić information content (AvgIpc) is 3.48. The predicted molar refractivity (Wildman–Crippen MR) is 95.2 cm³/mol. The molecule has 3 atom stereocenters. The van der Waals surface area contributed by atoms with Gasteiger partial charge in [-0.1, -0.05) is 13.8 Å². The van der Waals surface area contributed by atoms with E-state index in [0.29, 0.717) is 19.0 Å². The molecule has 4 fully saturated rings. The summed E-state index contributed by atoms with van der Waals surface area (Å²) in [5.74, 6) is -1.33. The standard InChI is InChI=1S/C20H30N2O4/c1-19(2)14(15(19)18(25)26)17(24)22-10-6-20(7-11-22)12-13(20)16(23)21-8-4-3-5-9-21/h13-15H,3-12H2,1-2H3,(H,25,26)/t13?,14-,15+/m1/s1. The van der Waals surface area contributed by atoms with Gasteiger partial charge in [-0.2, -0.15) is 0 Å². The molecule has 2 amide bonds. The number of carbonyl (C=O) groups is 3. The number of carbonyl (C=O) groups excluding carboxylic acids is 2. The highest BCUT2D eigenvalue weighted by molar-refractivity contribution is 5.91. The van der Waals surface area contributed by atoms with Crippen molar-refractivity contribution in [3.05, 3.63) is 0 Å². The minimum atomic E-state index is -0.865. The van der Waals surface area contributed by atoms with Crippen molar-refractivity contribution >= 4 is 17.8 Å². The van der Waals surface area contributed by atoms with E-state index >= 15 is 0 Å². The molecule has 1 unspecified atom stereocenters. The lowest BCUT2D eigenvalue weighted by Crippen LogP contribution is -2.43. The summed E-state index contributed by atoms with van der Waals surface area (Å²) in [5.41, 5.74) is -0.332. The van der Waals surface area contributed by atoms with Gasteiger partial charge in [0.05, 0.1) is 11.8 Å². The van der Waals surface area contributed by atoms with E-state index in [2.05, 4.69) is 0 Å². The highest BCUT2D eigenvalue weighted by Gasteiger charge is 2.67. The molecule has 6 nitrogen and oxygen atoms in total. The molecule has 26 heavy (non-hydrogen) atoms. The third kappa shape index (κ3) is 2.72. The Kier molecular flexibility index (Phi) is 4.08. The van der Waals surface area contributed by atoms with Crippen LogP contribution in [0.5, 0.6) is 0 Å².